The second kappa shape index (κ2) is 4.81. The van der Waals surface area contributed by atoms with Crippen LogP contribution in [0, 0.1) is 13.8 Å². The number of hydrogen-bond donors (Lipinski definition) is 1. The molecule has 0 unspecified atom stereocenters. The van der Waals surface area contributed by atoms with Gasteiger partial charge in [-0.1, -0.05) is 29.4 Å². The van der Waals surface area contributed by atoms with E-state index in [-0.39, 0.29) is 0 Å². The molecule has 0 aliphatic carbocycles. The maximum Gasteiger partial charge on any atom is 0.260 e. The van der Waals surface area contributed by atoms with Crippen LogP contribution in [0.2, 0.25) is 0 Å². The van der Waals surface area contributed by atoms with Gasteiger partial charge in [0, 0.05) is 11.3 Å². The first-order valence-electron chi connectivity index (χ1n) is 6.41. The third-order valence-electron chi connectivity index (χ3n) is 3.38. The third kappa shape index (κ3) is 2.16. The van der Waals surface area contributed by atoms with Crippen LogP contribution in [0.1, 0.15) is 11.1 Å². The van der Waals surface area contributed by atoms with Crippen LogP contribution in [0.15, 0.2) is 47.0 Å². The molecule has 2 aromatic carbocycles. The highest BCUT2D eigenvalue weighted by Gasteiger charge is 2.12. The fourth-order valence-corrected chi connectivity index (χ4v) is 2.02. The van der Waals surface area contributed by atoms with Gasteiger partial charge in [0.25, 0.3) is 5.89 Å². The Kier molecular flexibility index (Phi) is 2.99. The van der Waals surface area contributed by atoms with Crippen LogP contribution in [-0.2, 0) is 0 Å². The number of anilines is 1. The van der Waals surface area contributed by atoms with E-state index in [9.17, 15) is 0 Å². The van der Waals surface area contributed by atoms with E-state index in [0.717, 1.165) is 11.1 Å². The minimum Gasteiger partial charge on any atom is -0.398 e. The Balaban J connectivity index is 2.02. The van der Waals surface area contributed by atoms with Gasteiger partial charge >= 0.3 is 0 Å². The van der Waals surface area contributed by atoms with Gasteiger partial charge in [-0.25, -0.2) is 0 Å². The van der Waals surface area contributed by atoms with Crippen molar-refractivity contribution in [3.05, 3.63) is 53.6 Å². The number of para-hydroxylation sites is 1. The Morgan fingerprint density at radius 2 is 1.80 bits per heavy atom. The molecule has 0 fully saturated rings. The molecule has 4 heteroatoms. The first-order valence-corrected chi connectivity index (χ1v) is 6.41. The Hall–Kier alpha value is -2.62. The first-order chi connectivity index (χ1) is 9.65. The lowest BCUT2D eigenvalue weighted by Gasteiger charge is -2.01. The van der Waals surface area contributed by atoms with E-state index >= 15 is 0 Å². The average molecular weight is 265 g/mol. The van der Waals surface area contributed by atoms with Gasteiger partial charge in [-0.05, 0) is 43.2 Å². The fraction of sp³-hybridized carbons (Fsp3) is 0.125. The molecule has 0 aliphatic rings. The minimum absolute atomic E-state index is 0.441. The Labute approximate surface area is 117 Å². The largest absolute Gasteiger partial charge is 0.398 e. The Bertz CT molecular complexity index is 762. The van der Waals surface area contributed by atoms with Gasteiger partial charge < -0.3 is 10.3 Å². The number of nitrogen functional groups attached to an aromatic ring is 1. The quantitative estimate of drug-likeness (QED) is 0.719. The van der Waals surface area contributed by atoms with Gasteiger partial charge in [-0.15, -0.1) is 0 Å². The van der Waals surface area contributed by atoms with Crippen molar-refractivity contribution in [2.75, 3.05) is 5.73 Å². The molecule has 3 rings (SSSR count). The number of rotatable bonds is 2. The maximum absolute atomic E-state index is 5.92. The van der Waals surface area contributed by atoms with E-state index in [1.807, 2.05) is 30.3 Å². The van der Waals surface area contributed by atoms with Crippen molar-refractivity contribution < 1.29 is 4.52 Å². The van der Waals surface area contributed by atoms with Crippen LogP contribution < -0.4 is 5.73 Å². The molecule has 0 bridgehead atoms. The molecule has 3 aromatic rings. The zero-order chi connectivity index (χ0) is 14.1. The molecule has 4 nitrogen and oxygen atoms in total. The van der Waals surface area contributed by atoms with Crippen molar-refractivity contribution in [2.45, 2.75) is 13.8 Å². The second-order valence-electron chi connectivity index (χ2n) is 4.81. The summed E-state index contributed by atoms with van der Waals surface area (Å²) in [6.07, 6.45) is 0. The zero-order valence-electron chi connectivity index (χ0n) is 11.4. The molecule has 0 radical (unpaired) electrons. The molecular formula is C16H15N3O. The van der Waals surface area contributed by atoms with Crippen molar-refractivity contribution >= 4 is 5.69 Å². The molecule has 0 atom stereocenters. The minimum atomic E-state index is 0.441. The summed E-state index contributed by atoms with van der Waals surface area (Å²) in [6, 6.07) is 13.6. The summed E-state index contributed by atoms with van der Waals surface area (Å²) in [7, 11) is 0. The SMILES string of the molecule is Cc1ccc(-c2noc(-c3ccccc3N)n2)cc1C. The maximum atomic E-state index is 5.92. The number of hydrogen-bond acceptors (Lipinski definition) is 4. The molecule has 0 saturated carbocycles. The summed E-state index contributed by atoms with van der Waals surface area (Å²) in [5.74, 6) is 1.02. The molecule has 0 amide bonds. The van der Waals surface area contributed by atoms with Crippen LogP contribution in [0.5, 0.6) is 0 Å². The summed E-state index contributed by atoms with van der Waals surface area (Å²) in [5.41, 5.74) is 10.7. The van der Waals surface area contributed by atoms with Crippen molar-refractivity contribution in [1.82, 2.24) is 10.1 Å². The van der Waals surface area contributed by atoms with E-state index in [1.54, 1.807) is 0 Å². The van der Waals surface area contributed by atoms with Gasteiger partial charge in [-0.3, -0.25) is 0 Å². The van der Waals surface area contributed by atoms with Crippen LogP contribution >= 0.6 is 0 Å². The lowest BCUT2D eigenvalue weighted by Crippen LogP contribution is -1.89. The third-order valence-corrected chi connectivity index (χ3v) is 3.38. The highest BCUT2D eigenvalue weighted by molar-refractivity contribution is 5.71. The predicted octanol–water partition coefficient (Wildman–Crippen LogP) is 3.60. The van der Waals surface area contributed by atoms with Gasteiger partial charge in [-0.2, -0.15) is 4.98 Å². The second-order valence-corrected chi connectivity index (χ2v) is 4.81. The molecule has 0 saturated heterocycles. The van der Waals surface area contributed by atoms with Gasteiger partial charge in [0.2, 0.25) is 5.82 Å². The monoisotopic (exact) mass is 265 g/mol. The van der Waals surface area contributed by atoms with Crippen molar-refractivity contribution in [3.63, 3.8) is 0 Å². The number of aryl methyl sites for hydroxylation is 2. The molecule has 2 N–H and O–H groups in total. The predicted molar refractivity (Wildman–Crippen MR) is 79.1 cm³/mol. The van der Waals surface area contributed by atoms with E-state index in [2.05, 4.69) is 36.1 Å². The molecule has 0 aliphatic heterocycles. The van der Waals surface area contributed by atoms with E-state index < -0.39 is 0 Å². The molecule has 1 heterocycles. The van der Waals surface area contributed by atoms with Crippen LogP contribution in [0.25, 0.3) is 22.8 Å². The summed E-state index contributed by atoms with van der Waals surface area (Å²) >= 11 is 0. The first kappa shape index (κ1) is 12.4. The highest BCUT2D eigenvalue weighted by Crippen LogP contribution is 2.27. The molecular weight excluding hydrogens is 250 g/mol. The summed E-state index contributed by atoms with van der Waals surface area (Å²) in [6.45, 7) is 4.14. The van der Waals surface area contributed by atoms with Crippen LogP contribution in [-0.4, -0.2) is 10.1 Å². The normalized spacial score (nSPS) is 10.7. The summed E-state index contributed by atoms with van der Waals surface area (Å²) in [4.78, 5) is 4.42. The summed E-state index contributed by atoms with van der Waals surface area (Å²) < 4.78 is 5.31. The highest BCUT2D eigenvalue weighted by atomic mass is 16.5. The van der Waals surface area contributed by atoms with E-state index in [0.29, 0.717) is 17.4 Å². The Morgan fingerprint density at radius 1 is 1.00 bits per heavy atom. The van der Waals surface area contributed by atoms with Gasteiger partial charge in [0.05, 0.1) is 5.56 Å². The number of aromatic nitrogens is 2. The van der Waals surface area contributed by atoms with Gasteiger partial charge in [0.15, 0.2) is 0 Å². The summed E-state index contributed by atoms with van der Waals surface area (Å²) in [5, 5.41) is 4.03. The number of nitrogens with two attached hydrogens (primary N) is 1. The van der Waals surface area contributed by atoms with Crippen LogP contribution in [0.4, 0.5) is 5.69 Å². The van der Waals surface area contributed by atoms with Crippen molar-refractivity contribution in [3.8, 4) is 22.8 Å². The number of benzene rings is 2. The van der Waals surface area contributed by atoms with E-state index in [4.69, 9.17) is 10.3 Å². The topological polar surface area (TPSA) is 64.9 Å². The van der Waals surface area contributed by atoms with Crippen molar-refractivity contribution in [2.24, 2.45) is 0 Å². The molecule has 20 heavy (non-hydrogen) atoms. The molecule has 100 valence electrons. The number of nitrogens with zero attached hydrogens (tertiary/aromatic N) is 2. The lowest BCUT2D eigenvalue weighted by molar-refractivity contribution is 0.432. The van der Waals surface area contributed by atoms with Gasteiger partial charge in [0.1, 0.15) is 0 Å². The van der Waals surface area contributed by atoms with Crippen LogP contribution in [0.3, 0.4) is 0 Å². The molecule has 1 aromatic heterocycles. The van der Waals surface area contributed by atoms with Crippen molar-refractivity contribution in [1.29, 1.82) is 0 Å². The smallest absolute Gasteiger partial charge is 0.260 e. The fourth-order valence-electron chi connectivity index (χ4n) is 2.02. The average Bonchev–Trinajstić information content (AvgIpc) is 2.92. The lowest BCUT2D eigenvalue weighted by atomic mass is 10.1. The standard InChI is InChI=1S/C16H15N3O/c1-10-7-8-12(9-11(10)2)15-18-16(20-19-15)13-5-3-4-6-14(13)17/h3-9H,17H2,1-2H3. The Morgan fingerprint density at radius 3 is 2.55 bits per heavy atom. The molecule has 0 spiro atoms. The zero-order valence-corrected chi connectivity index (χ0v) is 11.4. The van der Waals surface area contributed by atoms with E-state index in [1.165, 1.54) is 11.1 Å².